The number of aromatic amines is 1. The van der Waals surface area contributed by atoms with E-state index in [1.165, 1.54) is 34.9 Å². The zero-order chi connectivity index (χ0) is 20.7. The first-order valence-corrected chi connectivity index (χ1v) is 8.81. The molecule has 0 fully saturated rings. The number of benzene rings is 2. The highest BCUT2D eigenvalue weighted by Gasteiger charge is 2.18. The van der Waals surface area contributed by atoms with Crippen LogP contribution in [-0.2, 0) is 7.05 Å². The van der Waals surface area contributed by atoms with Crippen LogP contribution in [0.3, 0.4) is 0 Å². The van der Waals surface area contributed by atoms with Gasteiger partial charge in [-0.15, -0.1) is 0 Å². The van der Waals surface area contributed by atoms with E-state index in [1.807, 2.05) is 0 Å². The van der Waals surface area contributed by atoms with E-state index in [2.05, 4.69) is 4.98 Å². The van der Waals surface area contributed by atoms with Crippen molar-refractivity contribution in [2.24, 2.45) is 7.05 Å². The molecule has 9 heteroatoms. The first kappa shape index (κ1) is 18.7. The van der Waals surface area contributed by atoms with Crippen LogP contribution in [0.25, 0.3) is 22.0 Å². The summed E-state index contributed by atoms with van der Waals surface area (Å²) in [4.78, 5) is 26.0. The van der Waals surface area contributed by atoms with Gasteiger partial charge in [0.05, 0.1) is 9.95 Å². The fourth-order valence-electron chi connectivity index (χ4n) is 3.08. The molecule has 0 saturated heterocycles. The topological polar surface area (TPSA) is 90.2 Å². The number of halogens is 2. The number of non-ortho nitro benzene ring substituents is 1. The molecule has 0 amide bonds. The van der Waals surface area contributed by atoms with Gasteiger partial charge in [0.25, 0.3) is 11.2 Å². The third-order valence-corrected chi connectivity index (χ3v) is 4.78. The quantitative estimate of drug-likeness (QED) is 0.375. The Bertz CT molecular complexity index is 1330. The van der Waals surface area contributed by atoms with E-state index < -0.39 is 10.7 Å². The molecule has 7 nitrogen and oxygen atoms in total. The smallest absolute Gasteiger partial charge is 0.274 e. The molecule has 0 spiro atoms. The maximum absolute atomic E-state index is 13.8. The lowest BCUT2D eigenvalue weighted by Gasteiger charge is -2.13. The molecule has 0 unspecified atom stereocenters. The van der Waals surface area contributed by atoms with Crippen LogP contribution in [0.1, 0.15) is 0 Å². The van der Waals surface area contributed by atoms with Crippen LogP contribution in [0, 0.1) is 15.9 Å². The van der Waals surface area contributed by atoms with Gasteiger partial charge in [0, 0.05) is 54.2 Å². The molecule has 0 radical (unpaired) electrons. The van der Waals surface area contributed by atoms with Gasteiger partial charge >= 0.3 is 0 Å². The summed E-state index contributed by atoms with van der Waals surface area (Å²) in [5.41, 5.74) is 0.917. The van der Waals surface area contributed by atoms with Crippen molar-refractivity contribution in [2.45, 2.75) is 0 Å². The van der Waals surface area contributed by atoms with E-state index in [9.17, 15) is 19.3 Å². The molecule has 2 aromatic carbocycles. The Morgan fingerprint density at radius 1 is 1.17 bits per heavy atom. The maximum Gasteiger partial charge on any atom is 0.274 e. The highest BCUT2D eigenvalue weighted by Crippen LogP contribution is 2.39. The number of nitro benzene ring substituents is 1. The van der Waals surface area contributed by atoms with E-state index >= 15 is 0 Å². The Balaban J connectivity index is 1.94. The SMILES string of the molecule is Cn1cc(-c2cc([N+](=O)[O-])ccc2Oc2ccc(Cl)c(F)c2)c2cc[nH]c2c1=O. The number of fused-ring (bicyclic) bond motifs is 1. The van der Waals surface area contributed by atoms with Crippen LogP contribution in [-0.4, -0.2) is 14.5 Å². The second-order valence-corrected chi connectivity index (χ2v) is 6.75. The molecule has 29 heavy (non-hydrogen) atoms. The van der Waals surface area contributed by atoms with Gasteiger partial charge in [-0.25, -0.2) is 4.39 Å². The number of hydrogen-bond acceptors (Lipinski definition) is 4. The fourth-order valence-corrected chi connectivity index (χ4v) is 3.20. The van der Waals surface area contributed by atoms with Crippen molar-refractivity contribution >= 4 is 28.2 Å². The lowest BCUT2D eigenvalue weighted by molar-refractivity contribution is -0.384. The van der Waals surface area contributed by atoms with Crippen molar-refractivity contribution < 1.29 is 14.1 Å². The molecule has 4 rings (SSSR count). The number of pyridine rings is 1. The second kappa shape index (κ2) is 7.06. The molecule has 0 aliphatic rings. The molecule has 4 aromatic rings. The lowest BCUT2D eigenvalue weighted by Crippen LogP contribution is -2.16. The van der Waals surface area contributed by atoms with E-state index in [4.69, 9.17) is 16.3 Å². The van der Waals surface area contributed by atoms with Gasteiger partial charge < -0.3 is 14.3 Å². The van der Waals surface area contributed by atoms with Gasteiger partial charge in [-0.1, -0.05) is 11.6 Å². The molecule has 0 saturated carbocycles. The lowest BCUT2D eigenvalue weighted by atomic mass is 10.0. The van der Waals surface area contributed by atoms with Crippen molar-refractivity contribution in [3.8, 4) is 22.6 Å². The normalized spacial score (nSPS) is 11.0. The Labute approximate surface area is 168 Å². The molecule has 0 aliphatic carbocycles. The number of nitrogens with one attached hydrogen (secondary N) is 1. The average Bonchev–Trinajstić information content (AvgIpc) is 3.18. The summed E-state index contributed by atoms with van der Waals surface area (Å²) in [6.07, 6.45) is 3.19. The molecule has 0 atom stereocenters. The minimum atomic E-state index is -0.650. The van der Waals surface area contributed by atoms with Crippen LogP contribution >= 0.6 is 11.6 Å². The average molecular weight is 414 g/mol. The van der Waals surface area contributed by atoms with Crippen molar-refractivity contribution in [1.29, 1.82) is 0 Å². The zero-order valence-corrected chi connectivity index (χ0v) is 15.7. The van der Waals surface area contributed by atoms with Crippen LogP contribution in [0.2, 0.25) is 5.02 Å². The molecule has 0 aliphatic heterocycles. The zero-order valence-electron chi connectivity index (χ0n) is 15.0. The van der Waals surface area contributed by atoms with Gasteiger partial charge in [0.15, 0.2) is 0 Å². The summed E-state index contributed by atoms with van der Waals surface area (Å²) < 4.78 is 21.0. The molecule has 2 heterocycles. The molecule has 146 valence electrons. The Morgan fingerprint density at radius 2 is 1.97 bits per heavy atom. The first-order valence-electron chi connectivity index (χ1n) is 8.43. The summed E-state index contributed by atoms with van der Waals surface area (Å²) in [5.74, 6) is -0.210. The monoisotopic (exact) mass is 413 g/mol. The summed E-state index contributed by atoms with van der Waals surface area (Å²) in [6.45, 7) is 0. The standard InChI is InChI=1S/C20H13ClFN3O4/c1-24-10-15(13-6-7-23-19(13)20(24)26)14-8-11(25(27)28)2-5-18(14)29-12-3-4-16(21)17(22)9-12/h2-10,23H,1H3. The number of nitro groups is 1. The van der Waals surface area contributed by atoms with E-state index in [-0.39, 0.29) is 27.8 Å². The molecule has 0 bridgehead atoms. The summed E-state index contributed by atoms with van der Waals surface area (Å²) in [6, 6.07) is 9.76. The van der Waals surface area contributed by atoms with Crippen LogP contribution in [0.5, 0.6) is 11.5 Å². The van der Waals surface area contributed by atoms with E-state index in [0.717, 1.165) is 6.07 Å². The first-order chi connectivity index (χ1) is 13.8. The van der Waals surface area contributed by atoms with Gasteiger partial charge in [0.2, 0.25) is 0 Å². The van der Waals surface area contributed by atoms with Gasteiger partial charge in [-0.05, 0) is 24.3 Å². The van der Waals surface area contributed by atoms with Gasteiger partial charge in [-0.2, -0.15) is 0 Å². The summed E-state index contributed by atoms with van der Waals surface area (Å²) in [7, 11) is 1.58. The van der Waals surface area contributed by atoms with E-state index in [0.29, 0.717) is 22.0 Å². The number of H-pyrrole nitrogens is 1. The fraction of sp³-hybridized carbons (Fsp3) is 0.0500. The Morgan fingerprint density at radius 3 is 2.69 bits per heavy atom. The molecular weight excluding hydrogens is 401 g/mol. The third-order valence-electron chi connectivity index (χ3n) is 4.48. The third kappa shape index (κ3) is 3.34. The van der Waals surface area contributed by atoms with Crippen molar-refractivity contribution in [2.75, 3.05) is 0 Å². The van der Waals surface area contributed by atoms with Crippen molar-refractivity contribution in [3.63, 3.8) is 0 Å². The number of hydrogen-bond donors (Lipinski definition) is 1. The maximum atomic E-state index is 13.8. The highest BCUT2D eigenvalue weighted by atomic mass is 35.5. The van der Waals surface area contributed by atoms with Gasteiger partial charge in [0.1, 0.15) is 22.8 Å². The number of rotatable bonds is 4. The Kier molecular flexibility index (Phi) is 4.56. The van der Waals surface area contributed by atoms with Gasteiger partial charge in [-0.3, -0.25) is 14.9 Å². The predicted octanol–water partition coefficient (Wildman–Crippen LogP) is 5.03. The van der Waals surface area contributed by atoms with Crippen molar-refractivity contribution in [3.05, 3.63) is 86.2 Å². The van der Waals surface area contributed by atoms with Crippen LogP contribution in [0.15, 0.2) is 59.7 Å². The summed E-state index contributed by atoms with van der Waals surface area (Å²) in [5, 5.41) is 11.8. The molecular formula is C20H13ClFN3O4. The minimum absolute atomic E-state index is 0.0478. The van der Waals surface area contributed by atoms with E-state index in [1.54, 1.807) is 25.5 Å². The minimum Gasteiger partial charge on any atom is -0.457 e. The second-order valence-electron chi connectivity index (χ2n) is 6.34. The largest absolute Gasteiger partial charge is 0.457 e. The number of aromatic nitrogens is 2. The summed E-state index contributed by atoms with van der Waals surface area (Å²) >= 11 is 5.71. The van der Waals surface area contributed by atoms with Crippen LogP contribution in [0.4, 0.5) is 10.1 Å². The Hall–Kier alpha value is -3.65. The van der Waals surface area contributed by atoms with Crippen LogP contribution < -0.4 is 10.3 Å². The molecule has 2 aromatic heterocycles. The number of ether oxygens (including phenoxy) is 1. The number of aryl methyl sites for hydroxylation is 1. The number of nitrogens with zero attached hydrogens (tertiary/aromatic N) is 2. The molecule has 1 N–H and O–H groups in total. The highest BCUT2D eigenvalue weighted by molar-refractivity contribution is 6.30. The van der Waals surface area contributed by atoms with Crippen molar-refractivity contribution in [1.82, 2.24) is 9.55 Å². The predicted molar refractivity (Wildman–Crippen MR) is 107 cm³/mol.